The quantitative estimate of drug-likeness (QED) is 0.593. The van der Waals surface area contributed by atoms with Gasteiger partial charge in [0.15, 0.2) is 11.6 Å². The summed E-state index contributed by atoms with van der Waals surface area (Å²) >= 11 is 0. The topological polar surface area (TPSA) is 66.9 Å². The van der Waals surface area contributed by atoms with Crippen LogP contribution < -0.4 is 0 Å². The van der Waals surface area contributed by atoms with Gasteiger partial charge in [0.05, 0.1) is 5.41 Å². The molecule has 0 amide bonds. The summed E-state index contributed by atoms with van der Waals surface area (Å²) in [7, 11) is 0. The fraction of sp³-hybridized carbons (Fsp3) is 0.700. The number of Topliss-reactive ketones (excluding diaryl/α,β-unsaturated/α-hetero) is 1. The summed E-state index contributed by atoms with van der Waals surface area (Å²) in [5.41, 5.74) is -1.04. The second-order valence-electron chi connectivity index (χ2n) is 9.17. The van der Waals surface area contributed by atoms with E-state index in [9.17, 15) is 14.7 Å². The summed E-state index contributed by atoms with van der Waals surface area (Å²) in [6.45, 7) is 11.8. The fourth-order valence-electron chi connectivity index (χ4n) is 6.05. The van der Waals surface area contributed by atoms with Gasteiger partial charge in [-0.15, -0.1) is 6.58 Å². The average molecular weight is 330 g/mol. The first-order valence-electron chi connectivity index (χ1n) is 8.83. The van der Waals surface area contributed by atoms with E-state index < -0.39 is 27.9 Å². The van der Waals surface area contributed by atoms with Crippen LogP contribution in [0.3, 0.4) is 0 Å². The number of carbonyl (C=O) groups excluding carboxylic acids is 2. The number of fused-ring (bicyclic) bond motifs is 2. The standard InChI is InChI=1S/C20H26O4/c1-6-18(4)14(22)9-13-19(5)10-11(21)15(23)17(2,3)12(19)7-8-20(13)16(18)24-20/h6,9,12,15-16,23H,1,7-8,10H2,2-5H3/t12-,15-,16-,18+,19-,20+/m1/s1. The number of epoxide rings is 1. The Hall–Kier alpha value is -1.26. The van der Waals surface area contributed by atoms with Crippen molar-refractivity contribution >= 4 is 11.6 Å². The minimum absolute atomic E-state index is 0.0175. The molecule has 0 bridgehead atoms. The zero-order valence-electron chi connectivity index (χ0n) is 14.9. The van der Waals surface area contributed by atoms with Gasteiger partial charge >= 0.3 is 0 Å². The van der Waals surface area contributed by atoms with Crippen molar-refractivity contribution in [2.45, 2.75) is 64.8 Å². The molecule has 4 aliphatic rings. The molecule has 0 aromatic rings. The van der Waals surface area contributed by atoms with E-state index in [0.29, 0.717) is 0 Å². The number of hydrogen-bond acceptors (Lipinski definition) is 4. The van der Waals surface area contributed by atoms with Crippen LogP contribution in [0.2, 0.25) is 0 Å². The molecule has 0 unspecified atom stereocenters. The molecule has 6 atom stereocenters. The van der Waals surface area contributed by atoms with Crippen molar-refractivity contribution < 1.29 is 19.4 Å². The van der Waals surface area contributed by atoms with E-state index in [-0.39, 0.29) is 30.0 Å². The maximum absolute atomic E-state index is 12.8. The lowest BCUT2D eigenvalue weighted by atomic mass is 9.45. The van der Waals surface area contributed by atoms with E-state index in [2.05, 4.69) is 13.5 Å². The second-order valence-corrected chi connectivity index (χ2v) is 9.17. The molecular formula is C20H26O4. The third-order valence-electron chi connectivity index (χ3n) is 7.56. The number of ether oxygens (including phenoxy) is 1. The van der Waals surface area contributed by atoms with Crippen LogP contribution in [0.4, 0.5) is 0 Å². The first-order valence-corrected chi connectivity index (χ1v) is 8.83. The van der Waals surface area contributed by atoms with Crippen LogP contribution in [0.5, 0.6) is 0 Å². The molecule has 3 fully saturated rings. The summed E-state index contributed by atoms with van der Waals surface area (Å²) in [5.74, 6) is 0.0441. The van der Waals surface area contributed by atoms with Gasteiger partial charge in [0, 0.05) is 17.3 Å². The summed E-state index contributed by atoms with van der Waals surface area (Å²) in [6.07, 6.45) is 4.35. The lowest BCUT2D eigenvalue weighted by Crippen LogP contribution is -2.60. The van der Waals surface area contributed by atoms with Crippen molar-refractivity contribution in [1.82, 2.24) is 0 Å². The molecule has 1 heterocycles. The molecule has 4 rings (SSSR count). The Morgan fingerprint density at radius 1 is 1.29 bits per heavy atom. The Balaban J connectivity index is 1.86. The summed E-state index contributed by atoms with van der Waals surface area (Å²) in [4.78, 5) is 25.3. The molecule has 4 heteroatoms. The smallest absolute Gasteiger partial charge is 0.168 e. The number of ketones is 2. The monoisotopic (exact) mass is 330 g/mol. The van der Waals surface area contributed by atoms with Gasteiger partial charge < -0.3 is 9.84 Å². The van der Waals surface area contributed by atoms with Gasteiger partial charge in [0.25, 0.3) is 0 Å². The molecule has 0 aromatic carbocycles. The third-order valence-corrected chi connectivity index (χ3v) is 7.56. The van der Waals surface area contributed by atoms with Crippen molar-refractivity contribution in [3.63, 3.8) is 0 Å². The lowest BCUT2D eigenvalue weighted by Gasteiger charge is -2.57. The Morgan fingerprint density at radius 2 is 1.96 bits per heavy atom. The third kappa shape index (κ3) is 1.57. The average Bonchev–Trinajstić information content (AvgIpc) is 3.24. The number of allylic oxidation sites excluding steroid dienone is 1. The highest BCUT2D eigenvalue weighted by Gasteiger charge is 2.75. The van der Waals surface area contributed by atoms with Crippen LogP contribution in [-0.2, 0) is 14.3 Å². The van der Waals surface area contributed by atoms with Crippen molar-refractivity contribution in [2.75, 3.05) is 0 Å². The van der Waals surface area contributed by atoms with Gasteiger partial charge in [-0.2, -0.15) is 0 Å². The van der Waals surface area contributed by atoms with E-state index in [1.165, 1.54) is 0 Å². The zero-order chi connectivity index (χ0) is 17.7. The molecule has 1 aliphatic heterocycles. The van der Waals surface area contributed by atoms with Gasteiger partial charge in [-0.1, -0.05) is 26.8 Å². The molecule has 2 saturated carbocycles. The predicted octanol–water partition coefficient (Wildman–Crippen LogP) is 2.60. The molecular weight excluding hydrogens is 304 g/mol. The number of carbonyl (C=O) groups is 2. The summed E-state index contributed by atoms with van der Waals surface area (Å²) in [5, 5.41) is 10.4. The molecule has 1 spiro atoms. The SMILES string of the molecule is C=C[C@@]1(C)C(=O)C=C2[C@]3(C)CC(=O)[C@@H](O)C(C)(C)[C@H]3CC[C@]23O[C@H]13. The van der Waals surface area contributed by atoms with E-state index >= 15 is 0 Å². The molecule has 1 N–H and O–H groups in total. The zero-order valence-corrected chi connectivity index (χ0v) is 14.9. The molecule has 0 radical (unpaired) electrons. The first kappa shape index (κ1) is 16.2. The summed E-state index contributed by atoms with van der Waals surface area (Å²) < 4.78 is 6.16. The maximum Gasteiger partial charge on any atom is 0.168 e. The van der Waals surface area contributed by atoms with Crippen LogP contribution in [0.1, 0.15) is 47.0 Å². The molecule has 130 valence electrons. The van der Waals surface area contributed by atoms with Crippen molar-refractivity contribution in [2.24, 2.45) is 22.2 Å². The molecule has 1 saturated heterocycles. The Kier molecular flexibility index (Phi) is 2.89. The minimum Gasteiger partial charge on any atom is -0.385 e. The molecule has 24 heavy (non-hydrogen) atoms. The molecule has 3 aliphatic carbocycles. The Bertz CT molecular complexity index is 704. The van der Waals surface area contributed by atoms with Crippen molar-refractivity contribution in [3.8, 4) is 0 Å². The highest BCUT2D eigenvalue weighted by atomic mass is 16.6. The fourth-order valence-corrected chi connectivity index (χ4v) is 6.05. The van der Waals surface area contributed by atoms with E-state index in [1.807, 2.05) is 20.8 Å². The van der Waals surface area contributed by atoms with Gasteiger partial charge in [-0.25, -0.2) is 0 Å². The molecule has 0 aromatic heterocycles. The van der Waals surface area contributed by atoms with Crippen LogP contribution >= 0.6 is 0 Å². The van der Waals surface area contributed by atoms with Crippen molar-refractivity contribution in [3.05, 3.63) is 24.3 Å². The number of rotatable bonds is 1. The van der Waals surface area contributed by atoms with Crippen LogP contribution in [0.25, 0.3) is 0 Å². The molecule has 4 nitrogen and oxygen atoms in total. The largest absolute Gasteiger partial charge is 0.385 e. The van der Waals surface area contributed by atoms with Crippen LogP contribution in [-0.4, -0.2) is 34.5 Å². The van der Waals surface area contributed by atoms with E-state index in [4.69, 9.17) is 4.74 Å². The van der Waals surface area contributed by atoms with Gasteiger partial charge in [0.1, 0.15) is 17.8 Å². The minimum atomic E-state index is -0.932. The predicted molar refractivity (Wildman–Crippen MR) is 89.2 cm³/mol. The maximum atomic E-state index is 12.8. The highest BCUT2D eigenvalue weighted by Crippen LogP contribution is 2.70. The van der Waals surface area contributed by atoms with E-state index in [0.717, 1.165) is 18.4 Å². The number of aliphatic hydroxyl groups excluding tert-OH is 1. The van der Waals surface area contributed by atoms with Crippen LogP contribution in [0, 0.1) is 22.2 Å². The van der Waals surface area contributed by atoms with Gasteiger partial charge in [0.2, 0.25) is 0 Å². The van der Waals surface area contributed by atoms with E-state index in [1.54, 1.807) is 12.2 Å². The van der Waals surface area contributed by atoms with Gasteiger partial charge in [-0.05, 0) is 37.3 Å². The van der Waals surface area contributed by atoms with Crippen LogP contribution in [0.15, 0.2) is 24.3 Å². The lowest BCUT2D eigenvalue weighted by molar-refractivity contribution is -0.155. The highest BCUT2D eigenvalue weighted by molar-refractivity contribution is 6.00. The van der Waals surface area contributed by atoms with Gasteiger partial charge in [-0.3, -0.25) is 9.59 Å². The normalized spacial score (nSPS) is 51.9. The summed E-state index contributed by atoms with van der Waals surface area (Å²) in [6, 6.07) is 0. The van der Waals surface area contributed by atoms with Crippen molar-refractivity contribution in [1.29, 1.82) is 0 Å². The second kappa shape index (κ2) is 4.28. The Labute approximate surface area is 143 Å². The number of aliphatic hydroxyl groups is 1. The number of hydrogen-bond donors (Lipinski definition) is 1. The Morgan fingerprint density at radius 3 is 2.58 bits per heavy atom. The first-order chi connectivity index (χ1) is 11.0.